The van der Waals surface area contributed by atoms with E-state index >= 15 is 0 Å². The van der Waals surface area contributed by atoms with Gasteiger partial charge in [0, 0.05) is 19.3 Å². The Kier molecular flexibility index (Phi) is 5.33. The molecular formula is C17H23N3O2. The van der Waals surface area contributed by atoms with Gasteiger partial charge in [0.1, 0.15) is 0 Å². The highest BCUT2D eigenvalue weighted by Gasteiger charge is 2.19. The van der Waals surface area contributed by atoms with Gasteiger partial charge in [0.05, 0.1) is 18.3 Å². The minimum Gasteiger partial charge on any atom is -0.396 e. The van der Waals surface area contributed by atoms with E-state index in [0.29, 0.717) is 25.1 Å². The zero-order valence-corrected chi connectivity index (χ0v) is 13.1. The minimum absolute atomic E-state index is 0.121. The molecule has 0 saturated carbocycles. The number of aromatic nitrogens is 2. The topological polar surface area (TPSA) is 67.2 Å². The highest BCUT2D eigenvalue weighted by Crippen LogP contribution is 2.18. The van der Waals surface area contributed by atoms with Gasteiger partial charge in [0.25, 0.3) is 5.91 Å². The van der Waals surface area contributed by atoms with E-state index in [0.717, 1.165) is 5.56 Å². The second-order valence-corrected chi connectivity index (χ2v) is 6.23. The summed E-state index contributed by atoms with van der Waals surface area (Å²) in [6.45, 7) is 5.32. The van der Waals surface area contributed by atoms with E-state index in [9.17, 15) is 4.79 Å². The average Bonchev–Trinajstić information content (AvgIpc) is 2.94. The summed E-state index contributed by atoms with van der Waals surface area (Å²) >= 11 is 0. The van der Waals surface area contributed by atoms with Gasteiger partial charge in [0.2, 0.25) is 0 Å². The van der Waals surface area contributed by atoms with E-state index in [2.05, 4.69) is 10.4 Å². The summed E-state index contributed by atoms with van der Waals surface area (Å²) in [5.41, 5.74) is 1.57. The molecule has 1 aromatic carbocycles. The van der Waals surface area contributed by atoms with Crippen LogP contribution in [0.15, 0.2) is 42.7 Å². The molecule has 22 heavy (non-hydrogen) atoms. The highest BCUT2D eigenvalue weighted by atomic mass is 16.3. The van der Waals surface area contributed by atoms with Gasteiger partial charge in [-0.3, -0.25) is 9.48 Å². The van der Waals surface area contributed by atoms with Crippen LogP contribution in [0, 0.1) is 5.41 Å². The quantitative estimate of drug-likeness (QED) is 0.822. The average molecular weight is 301 g/mol. The third-order valence-electron chi connectivity index (χ3n) is 3.60. The molecule has 118 valence electrons. The molecule has 2 aromatic rings. The van der Waals surface area contributed by atoms with Crippen molar-refractivity contribution in [2.75, 3.05) is 13.2 Å². The molecular weight excluding hydrogens is 278 g/mol. The number of hydrogen-bond donors (Lipinski definition) is 2. The van der Waals surface area contributed by atoms with Gasteiger partial charge in [-0.05, 0) is 17.4 Å². The fraction of sp³-hybridized carbons (Fsp3) is 0.412. The molecule has 5 nitrogen and oxygen atoms in total. The number of hydrogen-bond acceptors (Lipinski definition) is 3. The number of nitrogens with one attached hydrogen (secondary N) is 1. The first-order valence-corrected chi connectivity index (χ1v) is 7.46. The van der Waals surface area contributed by atoms with Crippen LogP contribution >= 0.6 is 0 Å². The number of amides is 1. The smallest absolute Gasteiger partial charge is 0.254 e. The molecule has 0 unspecified atom stereocenters. The van der Waals surface area contributed by atoms with E-state index in [1.54, 1.807) is 17.1 Å². The fourth-order valence-corrected chi connectivity index (χ4v) is 2.15. The van der Waals surface area contributed by atoms with Gasteiger partial charge in [-0.1, -0.05) is 44.2 Å². The summed E-state index contributed by atoms with van der Waals surface area (Å²) in [7, 11) is 0. The van der Waals surface area contributed by atoms with Crippen molar-refractivity contribution < 1.29 is 9.90 Å². The standard InChI is InChI=1S/C17H23N3O2/c1-17(2,8-9-21)13-18-16(22)15-10-19-20(12-15)11-14-6-4-3-5-7-14/h3-7,10,12,21H,8-9,11,13H2,1-2H3,(H,18,22). The predicted molar refractivity (Wildman–Crippen MR) is 85.6 cm³/mol. The van der Waals surface area contributed by atoms with Gasteiger partial charge in [-0.25, -0.2) is 0 Å². The van der Waals surface area contributed by atoms with Gasteiger partial charge >= 0.3 is 0 Å². The molecule has 1 aromatic heterocycles. The molecule has 0 saturated heterocycles. The largest absolute Gasteiger partial charge is 0.396 e. The summed E-state index contributed by atoms with van der Waals surface area (Å²) in [6, 6.07) is 9.99. The maximum atomic E-state index is 12.1. The normalized spacial score (nSPS) is 11.4. The van der Waals surface area contributed by atoms with E-state index in [-0.39, 0.29) is 17.9 Å². The molecule has 2 rings (SSSR count). The van der Waals surface area contributed by atoms with Crippen LogP contribution in [-0.2, 0) is 6.54 Å². The Morgan fingerprint density at radius 3 is 2.73 bits per heavy atom. The van der Waals surface area contributed by atoms with Crippen LogP contribution in [0.1, 0.15) is 36.2 Å². The lowest BCUT2D eigenvalue weighted by atomic mass is 9.90. The van der Waals surface area contributed by atoms with Crippen molar-refractivity contribution >= 4 is 5.91 Å². The second-order valence-electron chi connectivity index (χ2n) is 6.23. The lowest BCUT2D eigenvalue weighted by Crippen LogP contribution is -2.34. The van der Waals surface area contributed by atoms with Crippen molar-refractivity contribution in [2.45, 2.75) is 26.8 Å². The van der Waals surface area contributed by atoms with E-state index in [1.807, 2.05) is 44.2 Å². The van der Waals surface area contributed by atoms with Gasteiger partial charge in [0.15, 0.2) is 0 Å². The van der Waals surface area contributed by atoms with E-state index < -0.39 is 0 Å². The number of carbonyl (C=O) groups excluding carboxylic acids is 1. The van der Waals surface area contributed by atoms with Crippen LogP contribution < -0.4 is 5.32 Å². The van der Waals surface area contributed by atoms with Crippen molar-refractivity contribution in [3.05, 3.63) is 53.9 Å². The number of aliphatic hydroxyl groups is 1. The number of aliphatic hydroxyl groups excluding tert-OH is 1. The van der Waals surface area contributed by atoms with Crippen LogP contribution in [-0.4, -0.2) is 33.9 Å². The highest BCUT2D eigenvalue weighted by molar-refractivity contribution is 5.93. The molecule has 0 aliphatic carbocycles. The molecule has 2 N–H and O–H groups in total. The van der Waals surface area contributed by atoms with Crippen LogP contribution in [0.2, 0.25) is 0 Å². The minimum atomic E-state index is -0.134. The zero-order valence-electron chi connectivity index (χ0n) is 13.1. The number of carbonyl (C=O) groups is 1. The summed E-state index contributed by atoms with van der Waals surface area (Å²) in [5.74, 6) is -0.134. The third kappa shape index (κ3) is 4.70. The molecule has 0 radical (unpaired) electrons. The number of rotatable bonds is 7. The van der Waals surface area contributed by atoms with Crippen LogP contribution in [0.25, 0.3) is 0 Å². The molecule has 0 spiro atoms. The first-order chi connectivity index (χ1) is 10.5. The third-order valence-corrected chi connectivity index (χ3v) is 3.60. The number of benzene rings is 1. The maximum absolute atomic E-state index is 12.1. The lowest BCUT2D eigenvalue weighted by molar-refractivity contribution is 0.0928. The molecule has 1 amide bonds. The Bertz CT molecular complexity index is 605. The molecule has 0 fully saturated rings. The Morgan fingerprint density at radius 2 is 2.05 bits per heavy atom. The Balaban J connectivity index is 1.92. The summed E-state index contributed by atoms with van der Waals surface area (Å²) < 4.78 is 1.75. The summed E-state index contributed by atoms with van der Waals surface area (Å²) in [6.07, 6.45) is 3.99. The number of nitrogens with zero attached hydrogens (tertiary/aromatic N) is 2. The van der Waals surface area contributed by atoms with Gasteiger partial charge in [-0.15, -0.1) is 0 Å². The molecule has 1 heterocycles. The molecule has 0 bridgehead atoms. The van der Waals surface area contributed by atoms with Crippen LogP contribution in [0.4, 0.5) is 0 Å². The molecule has 5 heteroatoms. The Labute approximate surface area is 131 Å². The van der Waals surface area contributed by atoms with Crippen molar-refractivity contribution in [1.82, 2.24) is 15.1 Å². The fourth-order valence-electron chi connectivity index (χ4n) is 2.15. The summed E-state index contributed by atoms with van der Waals surface area (Å²) in [4.78, 5) is 12.1. The van der Waals surface area contributed by atoms with Crippen molar-refractivity contribution in [3.63, 3.8) is 0 Å². The lowest BCUT2D eigenvalue weighted by Gasteiger charge is -2.23. The first-order valence-electron chi connectivity index (χ1n) is 7.46. The predicted octanol–water partition coefficient (Wildman–Crippen LogP) is 2.07. The van der Waals surface area contributed by atoms with Crippen molar-refractivity contribution in [1.29, 1.82) is 0 Å². The molecule has 0 atom stereocenters. The van der Waals surface area contributed by atoms with Gasteiger partial charge in [-0.2, -0.15) is 5.10 Å². The van der Waals surface area contributed by atoms with Crippen LogP contribution in [0.3, 0.4) is 0 Å². The second kappa shape index (κ2) is 7.22. The van der Waals surface area contributed by atoms with Crippen LogP contribution in [0.5, 0.6) is 0 Å². The maximum Gasteiger partial charge on any atom is 0.254 e. The summed E-state index contributed by atoms with van der Waals surface area (Å²) in [5, 5.41) is 16.1. The molecule has 0 aliphatic heterocycles. The van der Waals surface area contributed by atoms with E-state index in [4.69, 9.17) is 5.11 Å². The first kappa shape index (κ1) is 16.2. The monoisotopic (exact) mass is 301 g/mol. The van der Waals surface area contributed by atoms with Crippen molar-refractivity contribution in [3.8, 4) is 0 Å². The molecule has 0 aliphatic rings. The Morgan fingerprint density at radius 1 is 1.32 bits per heavy atom. The van der Waals surface area contributed by atoms with Crippen molar-refractivity contribution in [2.24, 2.45) is 5.41 Å². The SMILES string of the molecule is CC(C)(CCO)CNC(=O)c1cnn(Cc2ccccc2)c1. The van der Waals surface area contributed by atoms with E-state index in [1.165, 1.54) is 0 Å². The zero-order chi connectivity index (χ0) is 16.0. The van der Waals surface area contributed by atoms with Gasteiger partial charge < -0.3 is 10.4 Å². The Hall–Kier alpha value is -2.14.